The molecule has 0 N–H and O–H groups in total. The van der Waals surface area contributed by atoms with Crippen molar-refractivity contribution in [2.45, 2.75) is 6.54 Å². The van der Waals surface area contributed by atoms with Gasteiger partial charge >= 0.3 is 0 Å². The minimum Gasteiger partial charge on any atom is -0.486 e. The van der Waals surface area contributed by atoms with Crippen LogP contribution in [0.4, 0.5) is 11.6 Å². The fourth-order valence-electron chi connectivity index (χ4n) is 2.33. The van der Waals surface area contributed by atoms with Gasteiger partial charge in [-0.3, -0.25) is 0 Å². The predicted octanol–water partition coefficient (Wildman–Crippen LogP) is 1.95. The molecule has 0 radical (unpaired) electrons. The molecule has 0 unspecified atom stereocenters. The number of hydrogen-bond acceptors (Lipinski definition) is 6. The summed E-state index contributed by atoms with van der Waals surface area (Å²) < 4.78 is 11.2. The van der Waals surface area contributed by atoms with Gasteiger partial charge in [-0.25, -0.2) is 9.97 Å². The lowest BCUT2D eigenvalue weighted by molar-refractivity contribution is 0.171. The van der Waals surface area contributed by atoms with Crippen LogP contribution in [0.2, 0.25) is 0 Å². The van der Waals surface area contributed by atoms with Gasteiger partial charge in [-0.2, -0.15) is 0 Å². The number of rotatable bonds is 4. The van der Waals surface area contributed by atoms with E-state index in [4.69, 9.17) is 9.47 Å². The standard InChI is InChI=1S/C16H20N4O2/c1-19(2)15-9-16(18-11-17-15)20(3)10-12-4-5-13-14(8-12)22-7-6-21-13/h4-5,8-9,11H,6-7,10H2,1-3H3. The van der Waals surface area contributed by atoms with Crippen molar-refractivity contribution in [3.63, 3.8) is 0 Å². The van der Waals surface area contributed by atoms with Gasteiger partial charge in [-0.05, 0) is 17.7 Å². The molecular formula is C16H20N4O2. The van der Waals surface area contributed by atoms with Crippen molar-refractivity contribution in [1.82, 2.24) is 9.97 Å². The third-order valence-corrected chi connectivity index (χ3v) is 3.51. The number of anilines is 2. The minimum atomic E-state index is 0.602. The maximum absolute atomic E-state index is 5.63. The van der Waals surface area contributed by atoms with E-state index < -0.39 is 0 Å². The Hall–Kier alpha value is -2.50. The summed E-state index contributed by atoms with van der Waals surface area (Å²) in [6.45, 7) is 1.95. The quantitative estimate of drug-likeness (QED) is 0.860. The van der Waals surface area contributed by atoms with Crippen molar-refractivity contribution in [2.75, 3.05) is 44.2 Å². The normalized spacial score (nSPS) is 12.9. The number of ether oxygens (including phenoxy) is 2. The lowest BCUT2D eigenvalue weighted by Gasteiger charge is -2.22. The van der Waals surface area contributed by atoms with Crippen LogP contribution in [-0.2, 0) is 6.54 Å². The lowest BCUT2D eigenvalue weighted by atomic mass is 10.2. The van der Waals surface area contributed by atoms with Crippen molar-refractivity contribution in [2.24, 2.45) is 0 Å². The van der Waals surface area contributed by atoms with Crippen molar-refractivity contribution in [1.29, 1.82) is 0 Å². The Morgan fingerprint density at radius 3 is 2.45 bits per heavy atom. The van der Waals surface area contributed by atoms with E-state index >= 15 is 0 Å². The largest absolute Gasteiger partial charge is 0.486 e. The molecule has 0 aliphatic carbocycles. The second-order valence-electron chi connectivity index (χ2n) is 5.46. The average Bonchev–Trinajstić information content (AvgIpc) is 2.55. The van der Waals surface area contributed by atoms with Gasteiger partial charge in [0.05, 0.1) is 0 Å². The van der Waals surface area contributed by atoms with Gasteiger partial charge in [0.15, 0.2) is 11.5 Å². The summed E-state index contributed by atoms with van der Waals surface area (Å²) in [6.07, 6.45) is 1.59. The second kappa shape index (κ2) is 6.09. The number of hydrogen-bond donors (Lipinski definition) is 0. The van der Waals surface area contributed by atoms with E-state index in [1.54, 1.807) is 6.33 Å². The van der Waals surface area contributed by atoms with E-state index in [1.165, 1.54) is 0 Å². The molecule has 0 saturated carbocycles. The zero-order valence-electron chi connectivity index (χ0n) is 13.1. The predicted molar refractivity (Wildman–Crippen MR) is 85.9 cm³/mol. The van der Waals surface area contributed by atoms with Crippen LogP contribution in [0.25, 0.3) is 0 Å². The molecule has 0 saturated heterocycles. The van der Waals surface area contributed by atoms with Gasteiger partial charge < -0.3 is 19.3 Å². The summed E-state index contributed by atoms with van der Waals surface area (Å²) >= 11 is 0. The van der Waals surface area contributed by atoms with Crippen LogP contribution in [-0.4, -0.2) is 44.3 Å². The summed E-state index contributed by atoms with van der Waals surface area (Å²) in [6, 6.07) is 8.01. The van der Waals surface area contributed by atoms with E-state index in [2.05, 4.69) is 20.9 Å². The molecule has 1 aliphatic rings. The second-order valence-corrected chi connectivity index (χ2v) is 5.46. The van der Waals surface area contributed by atoms with Gasteiger partial charge in [0.1, 0.15) is 31.2 Å². The first-order valence-electron chi connectivity index (χ1n) is 7.22. The van der Waals surface area contributed by atoms with Gasteiger partial charge in [-0.15, -0.1) is 0 Å². The zero-order chi connectivity index (χ0) is 15.5. The van der Waals surface area contributed by atoms with Gasteiger partial charge in [0.2, 0.25) is 0 Å². The fraction of sp³-hybridized carbons (Fsp3) is 0.375. The highest BCUT2D eigenvalue weighted by molar-refractivity contribution is 5.50. The Morgan fingerprint density at radius 1 is 0.955 bits per heavy atom. The fourth-order valence-corrected chi connectivity index (χ4v) is 2.33. The van der Waals surface area contributed by atoms with Crippen molar-refractivity contribution in [3.8, 4) is 11.5 Å². The number of fused-ring (bicyclic) bond motifs is 1. The smallest absolute Gasteiger partial charge is 0.161 e. The first-order valence-corrected chi connectivity index (χ1v) is 7.22. The highest BCUT2D eigenvalue weighted by atomic mass is 16.6. The first-order chi connectivity index (χ1) is 10.6. The topological polar surface area (TPSA) is 50.7 Å². The third kappa shape index (κ3) is 3.05. The number of aromatic nitrogens is 2. The minimum absolute atomic E-state index is 0.602. The summed E-state index contributed by atoms with van der Waals surface area (Å²) in [5.41, 5.74) is 1.15. The summed E-state index contributed by atoms with van der Waals surface area (Å²) in [5.74, 6) is 3.40. The molecule has 0 fully saturated rings. The zero-order valence-corrected chi connectivity index (χ0v) is 13.1. The maximum Gasteiger partial charge on any atom is 0.161 e. The lowest BCUT2D eigenvalue weighted by Crippen LogP contribution is -2.20. The molecule has 1 aromatic heterocycles. The van der Waals surface area contributed by atoms with Crippen LogP contribution < -0.4 is 19.3 Å². The molecule has 0 spiro atoms. The molecule has 6 nitrogen and oxygen atoms in total. The number of nitrogens with zero attached hydrogens (tertiary/aromatic N) is 4. The highest BCUT2D eigenvalue weighted by Gasteiger charge is 2.13. The Bertz CT molecular complexity index is 660. The van der Waals surface area contributed by atoms with Gasteiger partial charge in [-0.1, -0.05) is 6.07 Å². The average molecular weight is 300 g/mol. The molecule has 2 heterocycles. The van der Waals surface area contributed by atoms with Crippen molar-refractivity contribution >= 4 is 11.6 Å². The van der Waals surface area contributed by atoms with E-state index in [9.17, 15) is 0 Å². The third-order valence-electron chi connectivity index (χ3n) is 3.51. The monoisotopic (exact) mass is 300 g/mol. The summed E-state index contributed by atoms with van der Waals surface area (Å²) in [4.78, 5) is 12.6. The summed E-state index contributed by atoms with van der Waals surface area (Å²) in [5, 5.41) is 0. The van der Waals surface area contributed by atoms with Crippen LogP contribution in [0.3, 0.4) is 0 Å². The van der Waals surface area contributed by atoms with Crippen LogP contribution in [0, 0.1) is 0 Å². The molecule has 22 heavy (non-hydrogen) atoms. The van der Waals surface area contributed by atoms with Crippen molar-refractivity contribution < 1.29 is 9.47 Å². The number of benzene rings is 1. The van der Waals surface area contributed by atoms with E-state index in [-0.39, 0.29) is 0 Å². The molecule has 0 bridgehead atoms. The van der Waals surface area contributed by atoms with E-state index in [0.717, 1.165) is 35.2 Å². The van der Waals surface area contributed by atoms with Crippen LogP contribution in [0.5, 0.6) is 11.5 Å². The Balaban J connectivity index is 1.76. The van der Waals surface area contributed by atoms with Crippen LogP contribution in [0.1, 0.15) is 5.56 Å². The van der Waals surface area contributed by atoms with Gasteiger partial charge in [0, 0.05) is 33.8 Å². The van der Waals surface area contributed by atoms with Crippen LogP contribution in [0.15, 0.2) is 30.6 Å². The van der Waals surface area contributed by atoms with E-state index in [1.807, 2.05) is 44.2 Å². The molecule has 0 amide bonds. The van der Waals surface area contributed by atoms with Crippen molar-refractivity contribution in [3.05, 3.63) is 36.2 Å². The molecule has 2 aromatic rings. The molecular weight excluding hydrogens is 280 g/mol. The summed E-state index contributed by atoms with van der Waals surface area (Å²) in [7, 11) is 5.94. The Kier molecular flexibility index (Phi) is 4.00. The molecule has 6 heteroatoms. The first kappa shape index (κ1) is 14.4. The Labute approximate surface area is 130 Å². The maximum atomic E-state index is 5.63. The molecule has 1 aromatic carbocycles. The molecule has 0 atom stereocenters. The van der Waals surface area contributed by atoms with Gasteiger partial charge in [0.25, 0.3) is 0 Å². The van der Waals surface area contributed by atoms with E-state index in [0.29, 0.717) is 13.2 Å². The highest BCUT2D eigenvalue weighted by Crippen LogP contribution is 2.31. The SMILES string of the molecule is CN(C)c1cc(N(C)Cc2ccc3c(c2)OCCO3)ncn1. The molecule has 116 valence electrons. The molecule has 1 aliphatic heterocycles. The molecule has 3 rings (SSSR count). The Morgan fingerprint density at radius 2 is 1.68 bits per heavy atom. The van der Waals surface area contributed by atoms with Crippen LogP contribution >= 0.6 is 0 Å².